The molecule has 2 rings (SSSR count). The van der Waals surface area contributed by atoms with Crippen LogP contribution in [0.5, 0.6) is 0 Å². The fourth-order valence-electron chi connectivity index (χ4n) is 4.00. The molecule has 20 heavy (non-hydrogen) atoms. The van der Waals surface area contributed by atoms with Crippen molar-refractivity contribution in [3.8, 4) is 0 Å². The molecule has 2 unspecified atom stereocenters. The Kier molecular flexibility index (Phi) is 5.44. The van der Waals surface area contributed by atoms with Crippen molar-refractivity contribution in [1.29, 1.82) is 0 Å². The molecule has 116 valence electrons. The van der Waals surface area contributed by atoms with Gasteiger partial charge in [-0.25, -0.2) is 0 Å². The highest BCUT2D eigenvalue weighted by molar-refractivity contribution is 5.83. The van der Waals surface area contributed by atoms with Gasteiger partial charge in [0.25, 0.3) is 0 Å². The second kappa shape index (κ2) is 6.90. The number of carbonyl (C=O) groups excluding carboxylic acids is 1. The van der Waals surface area contributed by atoms with Crippen molar-refractivity contribution in [2.75, 3.05) is 33.9 Å². The van der Waals surface area contributed by atoms with Gasteiger partial charge in [-0.05, 0) is 44.7 Å². The smallest absolute Gasteiger partial charge is 0.231 e. The number of piperidine rings is 1. The fraction of sp³-hybridized carbons (Fsp3) is 0.938. The van der Waals surface area contributed by atoms with E-state index in [1.165, 1.54) is 19.3 Å². The molecule has 2 fully saturated rings. The third kappa shape index (κ3) is 3.17. The van der Waals surface area contributed by atoms with E-state index in [0.717, 1.165) is 32.4 Å². The summed E-state index contributed by atoms with van der Waals surface area (Å²) < 4.78 is 5.39. The second-order valence-electron chi connectivity index (χ2n) is 6.71. The van der Waals surface area contributed by atoms with E-state index in [2.05, 4.69) is 12.2 Å². The zero-order valence-corrected chi connectivity index (χ0v) is 13.3. The van der Waals surface area contributed by atoms with Crippen LogP contribution in [0, 0.1) is 11.3 Å². The Labute approximate surface area is 123 Å². The van der Waals surface area contributed by atoms with Crippen LogP contribution in [0.3, 0.4) is 0 Å². The molecule has 2 aliphatic rings. The fourth-order valence-corrected chi connectivity index (χ4v) is 4.00. The lowest BCUT2D eigenvalue weighted by Gasteiger charge is -2.43. The van der Waals surface area contributed by atoms with E-state index in [-0.39, 0.29) is 5.41 Å². The third-order valence-corrected chi connectivity index (χ3v) is 5.32. The molecule has 0 radical (unpaired) electrons. The molecule has 4 nitrogen and oxygen atoms in total. The van der Waals surface area contributed by atoms with E-state index >= 15 is 0 Å². The second-order valence-corrected chi connectivity index (χ2v) is 6.71. The predicted octanol–water partition coefficient (Wildman–Crippen LogP) is 2.04. The Hall–Kier alpha value is -0.610. The van der Waals surface area contributed by atoms with Gasteiger partial charge >= 0.3 is 0 Å². The van der Waals surface area contributed by atoms with Gasteiger partial charge < -0.3 is 15.0 Å². The van der Waals surface area contributed by atoms with Crippen LogP contribution in [0.2, 0.25) is 0 Å². The van der Waals surface area contributed by atoms with Crippen molar-refractivity contribution < 1.29 is 9.53 Å². The summed E-state index contributed by atoms with van der Waals surface area (Å²) in [7, 11) is 3.72. The summed E-state index contributed by atoms with van der Waals surface area (Å²) in [6.07, 6.45) is 6.76. The molecule has 0 aromatic rings. The van der Waals surface area contributed by atoms with Gasteiger partial charge in [-0.2, -0.15) is 0 Å². The highest BCUT2D eigenvalue weighted by Gasteiger charge is 2.43. The van der Waals surface area contributed by atoms with Gasteiger partial charge in [-0.15, -0.1) is 0 Å². The number of amides is 1. The lowest BCUT2D eigenvalue weighted by Crippen LogP contribution is -2.54. The summed E-state index contributed by atoms with van der Waals surface area (Å²) in [5.41, 5.74) is -0.300. The summed E-state index contributed by atoms with van der Waals surface area (Å²) in [5, 5.41) is 3.35. The maximum Gasteiger partial charge on any atom is 0.231 e. The molecule has 1 aliphatic heterocycles. The van der Waals surface area contributed by atoms with Gasteiger partial charge in [0.05, 0.1) is 12.0 Å². The number of rotatable bonds is 4. The third-order valence-electron chi connectivity index (χ3n) is 5.32. The van der Waals surface area contributed by atoms with E-state index in [4.69, 9.17) is 4.74 Å². The van der Waals surface area contributed by atoms with Crippen LogP contribution < -0.4 is 5.32 Å². The summed E-state index contributed by atoms with van der Waals surface area (Å²) >= 11 is 0. The molecule has 1 amide bonds. The molecular weight excluding hydrogens is 252 g/mol. The van der Waals surface area contributed by atoms with Crippen LogP contribution in [-0.4, -0.2) is 50.7 Å². The van der Waals surface area contributed by atoms with E-state index in [1.54, 1.807) is 7.11 Å². The van der Waals surface area contributed by atoms with Crippen molar-refractivity contribution >= 4 is 5.91 Å². The Balaban J connectivity index is 2.09. The molecule has 1 saturated carbocycles. The predicted molar refractivity (Wildman–Crippen MR) is 80.6 cm³/mol. The lowest BCUT2D eigenvalue weighted by molar-refractivity contribution is -0.150. The van der Waals surface area contributed by atoms with Gasteiger partial charge in [-0.1, -0.05) is 19.8 Å². The minimum Gasteiger partial charge on any atom is -0.384 e. The molecule has 1 saturated heterocycles. The van der Waals surface area contributed by atoms with Crippen LogP contribution in [0.4, 0.5) is 0 Å². The number of ether oxygens (including phenoxy) is 1. The molecule has 1 N–H and O–H groups in total. The number of carbonyl (C=O) groups is 1. The van der Waals surface area contributed by atoms with E-state index in [0.29, 0.717) is 24.5 Å². The zero-order valence-electron chi connectivity index (χ0n) is 13.3. The van der Waals surface area contributed by atoms with E-state index in [9.17, 15) is 4.79 Å². The minimum atomic E-state index is -0.300. The lowest BCUT2D eigenvalue weighted by atomic mass is 9.76. The molecule has 0 bridgehead atoms. The number of methoxy groups -OCH3 is 1. The zero-order chi connectivity index (χ0) is 14.6. The van der Waals surface area contributed by atoms with E-state index < -0.39 is 0 Å². The van der Waals surface area contributed by atoms with Crippen LogP contribution in [0.25, 0.3) is 0 Å². The molecule has 2 atom stereocenters. The monoisotopic (exact) mass is 282 g/mol. The van der Waals surface area contributed by atoms with E-state index in [1.807, 2.05) is 11.9 Å². The molecule has 4 heteroatoms. The molecule has 0 spiro atoms. The number of hydrogen-bond acceptors (Lipinski definition) is 3. The maximum absolute atomic E-state index is 13.1. The normalized spacial score (nSPS) is 29.9. The first-order valence-electron chi connectivity index (χ1n) is 8.08. The Morgan fingerprint density at radius 1 is 1.30 bits per heavy atom. The number of nitrogens with zero attached hydrogens (tertiary/aromatic N) is 1. The average Bonchev–Trinajstić information content (AvgIpc) is 2.47. The van der Waals surface area contributed by atoms with Crippen molar-refractivity contribution in [3.05, 3.63) is 0 Å². The van der Waals surface area contributed by atoms with Crippen LogP contribution in [0.15, 0.2) is 0 Å². The highest BCUT2D eigenvalue weighted by atomic mass is 16.5. The van der Waals surface area contributed by atoms with Crippen LogP contribution in [-0.2, 0) is 9.53 Å². The van der Waals surface area contributed by atoms with Gasteiger partial charge in [0.1, 0.15) is 0 Å². The summed E-state index contributed by atoms with van der Waals surface area (Å²) in [5.74, 6) is 0.929. The van der Waals surface area contributed by atoms with Crippen molar-refractivity contribution in [2.45, 2.75) is 51.5 Å². The van der Waals surface area contributed by atoms with Gasteiger partial charge in [0.15, 0.2) is 0 Å². The number of hydrogen-bond donors (Lipinski definition) is 1. The van der Waals surface area contributed by atoms with Crippen LogP contribution >= 0.6 is 0 Å². The standard InChI is InChI=1S/C16H30N2O2/c1-13-6-4-5-7-14(13)18(2)15(19)16(12-20-3)8-10-17-11-9-16/h13-14,17H,4-12H2,1-3H3. The molecular formula is C16H30N2O2. The topological polar surface area (TPSA) is 41.6 Å². The van der Waals surface area contributed by atoms with Crippen LogP contribution in [0.1, 0.15) is 45.4 Å². The van der Waals surface area contributed by atoms with Gasteiger partial charge in [-0.3, -0.25) is 4.79 Å². The van der Waals surface area contributed by atoms with Crippen molar-refractivity contribution in [1.82, 2.24) is 10.2 Å². The first-order valence-corrected chi connectivity index (χ1v) is 8.08. The maximum atomic E-state index is 13.1. The SMILES string of the molecule is COCC1(C(=O)N(C)C2CCCCC2C)CCNCC1. The first-order chi connectivity index (χ1) is 9.60. The molecule has 1 aliphatic carbocycles. The average molecular weight is 282 g/mol. The Morgan fingerprint density at radius 3 is 2.55 bits per heavy atom. The summed E-state index contributed by atoms with van der Waals surface area (Å²) in [6, 6.07) is 0.417. The summed E-state index contributed by atoms with van der Waals surface area (Å²) in [6.45, 7) is 4.68. The highest BCUT2D eigenvalue weighted by Crippen LogP contribution is 2.35. The largest absolute Gasteiger partial charge is 0.384 e. The van der Waals surface area contributed by atoms with Crippen molar-refractivity contribution in [2.24, 2.45) is 11.3 Å². The quantitative estimate of drug-likeness (QED) is 0.858. The van der Waals surface area contributed by atoms with Gasteiger partial charge in [0, 0.05) is 20.2 Å². The first kappa shape index (κ1) is 15.8. The molecule has 1 heterocycles. The molecule has 0 aromatic heterocycles. The Morgan fingerprint density at radius 2 is 1.95 bits per heavy atom. The van der Waals surface area contributed by atoms with Crippen molar-refractivity contribution in [3.63, 3.8) is 0 Å². The molecule has 0 aromatic carbocycles. The van der Waals surface area contributed by atoms with Gasteiger partial charge in [0.2, 0.25) is 5.91 Å². The minimum absolute atomic E-state index is 0.300. The number of nitrogens with one attached hydrogen (secondary N) is 1. The summed E-state index contributed by atoms with van der Waals surface area (Å²) in [4.78, 5) is 15.1. The Bertz CT molecular complexity index is 321.